The normalized spacial score (nSPS) is 16.8. The highest BCUT2D eigenvalue weighted by atomic mass is 16.4. The Hall–Kier alpha value is -4.20. The molecule has 2 aromatic rings. The van der Waals surface area contributed by atoms with Crippen LogP contribution in [0.25, 0.3) is 12.2 Å². The zero-order valence-corrected chi connectivity index (χ0v) is 28.8. The second kappa shape index (κ2) is 14.9. The molecule has 0 saturated heterocycles. The number of rotatable bonds is 15. The van der Waals surface area contributed by atoms with Gasteiger partial charge in [0.2, 0.25) is 0 Å². The van der Waals surface area contributed by atoms with Crippen LogP contribution in [-0.2, 0) is 22.4 Å². The molecule has 0 atom stereocenters. The van der Waals surface area contributed by atoms with E-state index < -0.39 is 11.9 Å². The third kappa shape index (κ3) is 7.27. The number of aromatic amines is 2. The number of carbonyl (C=O) groups is 2. The summed E-state index contributed by atoms with van der Waals surface area (Å²) in [6, 6.07) is 0. The number of hydrogen-bond acceptors (Lipinski definition) is 4. The summed E-state index contributed by atoms with van der Waals surface area (Å²) >= 11 is 0. The van der Waals surface area contributed by atoms with E-state index in [4.69, 9.17) is 0 Å². The zero-order chi connectivity index (χ0) is 33.7. The molecule has 0 bridgehead atoms. The van der Waals surface area contributed by atoms with Crippen molar-refractivity contribution in [1.29, 1.82) is 0 Å². The SMILES string of the molecule is CCC1=C(C)C(C(=O)O)=N/C1=C\c1[nH]c(C)c(CCCCCCCCc2c(C)[nH]c(/C=C3\N=C(C(=O)O)C(C)=C3CC)c2C)c1C. The fourth-order valence-electron chi connectivity index (χ4n) is 7.01. The summed E-state index contributed by atoms with van der Waals surface area (Å²) in [6.45, 7) is 16.3. The van der Waals surface area contributed by atoms with Crippen LogP contribution in [0.1, 0.15) is 124 Å². The maximum absolute atomic E-state index is 11.6. The van der Waals surface area contributed by atoms with Gasteiger partial charge in [-0.2, -0.15) is 0 Å². The van der Waals surface area contributed by atoms with Gasteiger partial charge in [0.05, 0.1) is 11.4 Å². The highest BCUT2D eigenvalue weighted by Gasteiger charge is 2.26. The van der Waals surface area contributed by atoms with E-state index in [-0.39, 0.29) is 11.4 Å². The van der Waals surface area contributed by atoms with Crippen LogP contribution < -0.4 is 0 Å². The Balaban J connectivity index is 1.26. The van der Waals surface area contributed by atoms with E-state index in [1.807, 2.05) is 39.8 Å². The van der Waals surface area contributed by atoms with Crippen LogP contribution in [0.5, 0.6) is 0 Å². The van der Waals surface area contributed by atoms with Crippen molar-refractivity contribution in [2.75, 3.05) is 0 Å². The highest BCUT2D eigenvalue weighted by molar-refractivity contribution is 6.44. The predicted octanol–water partition coefficient (Wildman–Crippen LogP) is 8.92. The molecule has 0 unspecified atom stereocenters. The molecule has 246 valence electrons. The number of unbranched alkanes of at least 4 members (excludes halogenated alkanes) is 5. The molecular formula is C38H50N4O4. The Morgan fingerprint density at radius 1 is 0.609 bits per heavy atom. The van der Waals surface area contributed by atoms with Crippen LogP contribution >= 0.6 is 0 Å². The number of carboxylic acid groups (broad SMARTS) is 2. The van der Waals surface area contributed by atoms with Gasteiger partial charge in [-0.15, -0.1) is 0 Å². The lowest BCUT2D eigenvalue weighted by Crippen LogP contribution is -2.11. The number of H-pyrrole nitrogens is 2. The lowest BCUT2D eigenvalue weighted by atomic mass is 9.99. The van der Waals surface area contributed by atoms with Crippen LogP contribution in [0, 0.1) is 27.7 Å². The van der Waals surface area contributed by atoms with E-state index in [9.17, 15) is 19.8 Å². The van der Waals surface area contributed by atoms with Gasteiger partial charge >= 0.3 is 11.9 Å². The first kappa shape index (κ1) is 34.7. The topological polar surface area (TPSA) is 131 Å². The van der Waals surface area contributed by atoms with Crippen LogP contribution in [0.2, 0.25) is 0 Å². The van der Waals surface area contributed by atoms with Crippen LogP contribution in [-0.4, -0.2) is 43.5 Å². The molecule has 2 aliphatic heterocycles. The van der Waals surface area contributed by atoms with E-state index >= 15 is 0 Å². The Morgan fingerprint density at radius 3 is 1.28 bits per heavy atom. The molecule has 2 aliphatic rings. The maximum Gasteiger partial charge on any atom is 0.354 e. The second-order valence-corrected chi connectivity index (χ2v) is 12.7. The van der Waals surface area contributed by atoms with Gasteiger partial charge in [-0.05, 0) is 137 Å². The molecule has 0 spiro atoms. The van der Waals surface area contributed by atoms with Gasteiger partial charge in [0.25, 0.3) is 0 Å². The van der Waals surface area contributed by atoms with E-state index in [0.717, 1.165) is 83.6 Å². The van der Waals surface area contributed by atoms with E-state index in [1.165, 1.54) is 59.3 Å². The Bertz CT molecular complexity index is 1590. The summed E-state index contributed by atoms with van der Waals surface area (Å²) in [4.78, 5) is 39.1. The minimum absolute atomic E-state index is 0.148. The van der Waals surface area contributed by atoms with Crippen molar-refractivity contribution in [1.82, 2.24) is 9.97 Å². The number of hydrogen-bond donors (Lipinski definition) is 4. The fourth-order valence-corrected chi connectivity index (χ4v) is 7.01. The minimum Gasteiger partial charge on any atom is -0.477 e. The molecule has 0 fully saturated rings. The lowest BCUT2D eigenvalue weighted by Gasteiger charge is -2.05. The molecule has 0 saturated carbocycles. The molecule has 0 aliphatic carbocycles. The van der Waals surface area contributed by atoms with Crippen molar-refractivity contribution < 1.29 is 19.8 Å². The standard InChI is InChI=1S/C38H50N4O4/c1-9-27-23(5)35(37(43)44)41-33(27)19-31-21(3)29(25(7)39-31)17-15-13-11-12-14-16-18-30-22(4)32(40-26(30)8)20-34-28(10-2)24(6)36(42-34)38(45)46/h19-20,39-40H,9-18H2,1-8H3,(H,43,44)(H,45,46)/b33-19-,34-20-. The molecular weight excluding hydrogens is 576 g/mol. The molecule has 4 N–H and O–H groups in total. The van der Waals surface area contributed by atoms with Crippen molar-refractivity contribution in [3.05, 3.63) is 78.7 Å². The van der Waals surface area contributed by atoms with Crippen LogP contribution in [0.15, 0.2) is 43.7 Å². The third-order valence-corrected chi connectivity index (χ3v) is 9.74. The first-order valence-electron chi connectivity index (χ1n) is 16.7. The third-order valence-electron chi connectivity index (χ3n) is 9.74. The van der Waals surface area contributed by atoms with Gasteiger partial charge < -0.3 is 20.2 Å². The zero-order valence-electron chi connectivity index (χ0n) is 28.8. The Morgan fingerprint density at radius 2 is 0.957 bits per heavy atom. The monoisotopic (exact) mass is 626 g/mol. The summed E-state index contributed by atoms with van der Waals surface area (Å²) in [7, 11) is 0. The van der Waals surface area contributed by atoms with E-state index in [1.54, 1.807) is 0 Å². The number of aliphatic carboxylic acids is 2. The largest absolute Gasteiger partial charge is 0.477 e. The Labute approximate surface area is 273 Å². The average Bonchev–Trinajstić information content (AvgIpc) is 3.67. The molecule has 8 nitrogen and oxygen atoms in total. The van der Waals surface area contributed by atoms with Gasteiger partial charge in [0.1, 0.15) is 0 Å². The van der Waals surface area contributed by atoms with Gasteiger partial charge in [-0.3, -0.25) is 0 Å². The van der Waals surface area contributed by atoms with Crippen molar-refractivity contribution in [3.8, 4) is 0 Å². The fraction of sp³-hybridized carbons (Fsp3) is 0.474. The quantitative estimate of drug-likeness (QED) is 0.147. The lowest BCUT2D eigenvalue weighted by molar-refractivity contribution is -0.130. The molecule has 46 heavy (non-hydrogen) atoms. The average molecular weight is 627 g/mol. The van der Waals surface area contributed by atoms with E-state index in [2.05, 4.69) is 47.6 Å². The molecule has 0 amide bonds. The molecule has 8 heteroatoms. The number of carboxylic acids is 2. The number of nitrogens with zero attached hydrogens (tertiary/aromatic N) is 2. The minimum atomic E-state index is -0.976. The summed E-state index contributed by atoms with van der Waals surface area (Å²) in [5, 5.41) is 19.0. The molecule has 4 rings (SSSR count). The number of aryl methyl sites for hydroxylation is 2. The summed E-state index contributed by atoms with van der Waals surface area (Å²) < 4.78 is 0. The van der Waals surface area contributed by atoms with Gasteiger partial charge in [-0.1, -0.05) is 39.5 Å². The van der Waals surface area contributed by atoms with Crippen LogP contribution in [0.3, 0.4) is 0 Å². The van der Waals surface area contributed by atoms with Crippen molar-refractivity contribution in [2.24, 2.45) is 9.98 Å². The molecule has 0 radical (unpaired) electrons. The van der Waals surface area contributed by atoms with Gasteiger partial charge in [0, 0.05) is 22.8 Å². The van der Waals surface area contributed by atoms with Crippen LogP contribution in [0.4, 0.5) is 0 Å². The second-order valence-electron chi connectivity index (χ2n) is 12.7. The Kier molecular flexibility index (Phi) is 11.3. The summed E-state index contributed by atoms with van der Waals surface area (Å²) in [5.74, 6) is -1.95. The summed E-state index contributed by atoms with van der Waals surface area (Å²) in [6.07, 6.45) is 14.7. The summed E-state index contributed by atoms with van der Waals surface area (Å²) in [5.41, 5.74) is 14.9. The van der Waals surface area contributed by atoms with Crippen molar-refractivity contribution >= 4 is 35.5 Å². The first-order chi connectivity index (χ1) is 21.9. The first-order valence-corrected chi connectivity index (χ1v) is 16.7. The number of aromatic nitrogens is 2. The molecule has 4 heterocycles. The number of nitrogens with one attached hydrogen (secondary N) is 2. The smallest absolute Gasteiger partial charge is 0.354 e. The predicted molar refractivity (Wildman–Crippen MR) is 188 cm³/mol. The van der Waals surface area contributed by atoms with E-state index in [0.29, 0.717) is 0 Å². The van der Waals surface area contributed by atoms with Crippen molar-refractivity contribution in [3.63, 3.8) is 0 Å². The highest BCUT2D eigenvalue weighted by Crippen LogP contribution is 2.33. The maximum atomic E-state index is 11.6. The van der Waals surface area contributed by atoms with Crippen molar-refractivity contribution in [2.45, 2.75) is 120 Å². The molecule has 2 aromatic heterocycles. The number of allylic oxidation sites excluding steroid dienone is 2. The number of aliphatic imine (C=N–C) groups is 2. The van der Waals surface area contributed by atoms with Gasteiger partial charge in [-0.25, -0.2) is 19.6 Å². The molecule has 0 aromatic carbocycles. The van der Waals surface area contributed by atoms with Gasteiger partial charge in [0.15, 0.2) is 11.4 Å².